The van der Waals surface area contributed by atoms with Gasteiger partial charge in [-0.2, -0.15) is 0 Å². The van der Waals surface area contributed by atoms with E-state index in [0.717, 1.165) is 5.56 Å². The molecule has 1 aromatic heterocycles. The number of nitrogens with one attached hydrogen (secondary N) is 1. The van der Waals surface area contributed by atoms with Gasteiger partial charge >= 0.3 is 0 Å². The van der Waals surface area contributed by atoms with Crippen LogP contribution in [0.5, 0.6) is 5.75 Å². The second-order valence-corrected chi connectivity index (χ2v) is 4.31. The van der Waals surface area contributed by atoms with Crippen LogP contribution in [0.4, 0.5) is 5.82 Å². The number of pyridine rings is 1. The van der Waals surface area contributed by atoms with Crippen molar-refractivity contribution in [1.82, 2.24) is 4.98 Å². The number of hydrogen-bond donors (Lipinski definition) is 3. The lowest BCUT2D eigenvalue weighted by Crippen LogP contribution is -2.15. The maximum Gasteiger partial charge on any atom is 0.229 e. The van der Waals surface area contributed by atoms with Crippen molar-refractivity contribution in [2.45, 2.75) is 6.42 Å². The van der Waals surface area contributed by atoms with Crippen LogP contribution in [0.25, 0.3) is 0 Å². The molecule has 0 aliphatic heterocycles. The van der Waals surface area contributed by atoms with Gasteiger partial charge in [0.15, 0.2) is 0 Å². The van der Waals surface area contributed by atoms with E-state index >= 15 is 0 Å². The van der Waals surface area contributed by atoms with Crippen LogP contribution >= 0.6 is 0 Å². The van der Waals surface area contributed by atoms with Crippen LogP contribution in [0.3, 0.4) is 0 Å². The molecule has 0 bridgehead atoms. The van der Waals surface area contributed by atoms with Crippen molar-refractivity contribution in [1.29, 1.82) is 0 Å². The first-order valence-corrected chi connectivity index (χ1v) is 6.41. The van der Waals surface area contributed by atoms with E-state index in [9.17, 15) is 9.90 Å². The topological polar surface area (TPSA) is 88.2 Å². The van der Waals surface area contributed by atoms with Crippen LogP contribution < -0.4 is 11.1 Å². The maximum absolute atomic E-state index is 11.9. The molecule has 1 aromatic carbocycles. The van der Waals surface area contributed by atoms with Crippen molar-refractivity contribution in [2.24, 2.45) is 5.73 Å². The largest absolute Gasteiger partial charge is 0.508 e. The molecule has 1 amide bonds. The van der Waals surface area contributed by atoms with Crippen LogP contribution in [-0.2, 0) is 11.2 Å². The summed E-state index contributed by atoms with van der Waals surface area (Å²) in [7, 11) is 0. The number of benzene rings is 1. The van der Waals surface area contributed by atoms with Crippen molar-refractivity contribution < 1.29 is 9.90 Å². The highest BCUT2D eigenvalue weighted by molar-refractivity contribution is 5.91. The molecule has 5 nitrogen and oxygen atoms in total. The molecule has 0 aliphatic carbocycles. The molecule has 106 valence electrons. The Labute approximate surface area is 122 Å². The van der Waals surface area contributed by atoms with Crippen LogP contribution in [0.15, 0.2) is 42.5 Å². The molecular formula is C16H15N3O2. The van der Waals surface area contributed by atoms with Crippen molar-refractivity contribution in [2.75, 3.05) is 11.9 Å². The van der Waals surface area contributed by atoms with Crippen molar-refractivity contribution in [3.8, 4) is 17.6 Å². The number of phenolic OH excluding ortho intramolecular Hbond substituents is 1. The number of carbonyl (C=O) groups excluding carboxylic acids is 1. The molecule has 0 aliphatic rings. The lowest BCUT2D eigenvalue weighted by Gasteiger charge is -2.05. The normalized spacial score (nSPS) is 9.57. The highest BCUT2D eigenvalue weighted by atomic mass is 16.3. The van der Waals surface area contributed by atoms with E-state index in [-0.39, 0.29) is 24.6 Å². The fourth-order valence-corrected chi connectivity index (χ4v) is 1.70. The molecule has 1 heterocycles. The summed E-state index contributed by atoms with van der Waals surface area (Å²) in [4.78, 5) is 16.1. The van der Waals surface area contributed by atoms with E-state index in [1.54, 1.807) is 42.5 Å². The SMILES string of the molecule is NCC#Cc1cccc(NC(=O)Cc2ccc(O)cc2)n1. The fraction of sp³-hybridized carbons (Fsp3) is 0.125. The zero-order valence-electron chi connectivity index (χ0n) is 11.3. The van der Waals surface area contributed by atoms with E-state index in [1.807, 2.05) is 0 Å². The molecule has 0 radical (unpaired) electrons. The van der Waals surface area contributed by atoms with Crippen molar-refractivity contribution >= 4 is 11.7 Å². The minimum atomic E-state index is -0.183. The lowest BCUT2D eigenvalue weighted by molar-refractivity contribution is -0.115. The Balaban J connectivity index is 2.00. The molecule has 0 unspecified atom stereocenters. The van der Waals surface area contributed by atoms with Gasteiger partial charge in [-0.05, 0) is 35.7 Å². The molecule has 2 rings (SSSR count). The molecule has 0 fully saturated rings. The van der Waals surface area contributed by atoms with Gasteiger partial charge in [-0.25, -0.2) is 4.98 Å². The summed E-state index contributed by atoms with van der Waals surface area (Å²) in [6, 6.07) is 11.7. The van der Waals surface area contributed by atoms with Gasteiger partial charge in [-0.3, -0.25) is 4.79 Å². The average Bonchev–Trinajstić information content (AvgIpc) is 2.48. The van der Waals surface area contributed by atoms with Crippen molar-refractivity contribution in [3.05, 3.63) is 53.7 Å². The molecule has 0 spiro atoms. The van der Waals surface area contributed by atoms with E-state index in [2.05, 4.69) is 22.1 Å². The highest BCUT2D eigenvalue weighted by Gasteiger charge is 2.05. The van der Waals surface area contributed by atoms with E-state index in [4.69, 9.17) is 5.73 Å². The molecule has 21 heavy (non-hydrogen) atoms. The Kier molecular flexibility index (Phi) is 4.91. The third-order valence-corrected chi connectivity index (χ3v) is 2.64. The summed E-state index contributed by atoms with van der Waals surface area (Å²) in [6.07, 6.45) is 0.209. The molecule has 2 aromatic rings. The third-order valence-electron chi connectivity index (χ3n) is 2.64. The monoisotopic (exact) mass is 281 g/mol. The van der Waals surface area contributed by atoms with Gasteiger partial charge in [0.1, 0.15) is 17.3 Å². The van der Waals surface area contributed by atoms with Gasteiger partial charge in [0.05, 0.1) is 13.0 Å². The molecule has 0 atom stereocenters. The third kappa shape index (κ3) is 4.64. The molecular weight excluding hydrogens is 266 g/mol. The van der Waals surface area contributed by atoms with Gasteiger partial charge in [0.2, 0.25) is 5.91 Å². The van der Waals surface area contributed by atoms with Gasteiger partial charge in [-0.15, -0.1) is 0 Å². The molecule has 5 heteroatoms. The number of amides is 1. The summed E-state index contributed by atoms with van der Waals surface area (Å²) in [6.45, 7) is 0.263. The van der Waals surface area contributed by atoms with Crippen LogP contribution in [0.2, 0.25) is 0 Å². The Morgan fingerprint density at radius 1 is 1.24 bits per heavy atom. The number of anilines is 1. The average molecular weight is 281 g/mol. The lowest BCUT2D eigenvalue weighted by atomic mass is 10.1. The van der Waals surface area contributed by atoms with Gasteiger partial charge in [-0.1, -0.05) is 24.1 Å². The first-order valence-electron chi connectivity index (χ1n) is 6.41. The van der Waals surface area contributed by atoms with Gasteiger partial charge in [0.25, 0.3) is 0 Å². The summed E-state index contributed by atoms with van der Waals surface area (Å²) < 4.78 is 0. The first-order chi connectivity index (χ1) is 10.2. The second kappa shape index (κ2) is 7.08. The standard InChI is InChI=1S/C16H15N3O2/c17-10-2-4-13-3-1-5-15(18-13)19-16(21)11-12-6-8-14(20)9-7-12/h1,3,5-9,20H,10-11,17H2,(H,18,19,21). The number of aromatic nitrogens is 1. The molecule has 0 saturated heterocycles. The number of nitrogens with zero attached hydrogens (tertiary/aromatic N) is 1. The minimum absolute atomic E-state index is 0.173. The first kappa shape index (κ1) is 14.6. The van der Waals surface area contributed by atoms with E-state index in [1.165, 1.54) is 0 Å². The Morgan fingerprint density at radius 2 is 2.00 bits per heavy atom. The highest BCUT2D eigenvalue weighted by Crippen LogP contribution is 2.11. The number of carbonyl (C=O) groups is 1. The van der Waals surface area contributed by atoms with E-state index in [0.29, 0.717) is 11.5 Å². The van der Waals surface area contributed by atoms with E-state index < -0.39 is 0 Å². The van der Waals surface area contributed by atoms with Crippen molar-refractivity contribution in [3.63, 3.8) is 0 Å². The predicted molar refractivity (Wildman–Crippen MR) is 80.6 cm³/mol. The van der Waals surface area contributed by atoms with Gasteiger partial charge < -0.3 is 16.2 Å². The Morgan fingerprint density at radius 3 is 2.71 bits per heavy atom. The maximum atomic E-state index is 11.9. The number of rotatable bonds is 3. The quantitative estimate of drug-likeness (QED) is 0.739. The number of phenols is 1. The zero-order valence-corrected chi connectivity index (χ0v) is 11.3. The molecule has 4 N–H and O–H groups in total. The molecule has 0 saturated carbocycles. The number of nitrogens with two attached hydrogens (primary N) is 1. The summed E-state index contributed by atoms with van der Waals surface area (Å²) in [5, 5.41) is 11.9. The Hall–Kier alpha value is -2.84. The predicted octanol–water partition coefficient (Wildman–Crippen LogP) is 1.28. The van der Waals surface area contributed by atoms with Crippen LogP contribution in [0.1, 0.15) is 11.3 Å². The van der Waals surface area contributed by atoms with Crippen LogP contribution in [-0.4, -0.2) is 22.5 Å². The zero-order chi connectivity index (χ0) is 15.1. The smallest absolute Gasteiger partial charge is 0.229 e. The second-order valence-electron chi connectivity index (χ2n) is 4.31. The van der Waals surface area contributed by atoms with Gasteiger partial charge in [0, 0.05) is 0 Å². The summed E-state index contributed by atoms with van der Waals surface area (Å²) in [5.74, 6) is 5.95. The Bertz CT molecular complexity index is 685. The number of aromatic hydroxyl groups is 1. The van der Waals surface area contributed by atoms with Crippen LogP contribution in [0, 0.1) is 11.8 Å². The number of hydrogen-bond acceptors (Lipinski definition) is 4. The minimum Gasteiger partial charge on any atom is -0.508 e. The summed E-state index contributed by atoms with van der Waals surface area (Å²) in [5.41, 5.74) is 6.67. The summed E-state index contributed by atoms with van der Waals surface area (Å²) >= 11 is 0. The fourth-order valence-electron chi connectivity index (χ4n) is 1.70.